The summed E-state index contributed by atoms with van der Waals surface area (Å²) in [5.41, 5.74) is 3.34. The van der Waals surface area contributed by atoms with Gasteiger partial charge in [0.1, 0.15) is 6.04 Å². The lowest BCUT2D eigenvalue weighted by atomic mass is 10.1. The summed E-state index contributed by atoms with van der Waals surface area (Å²) in [6, 6.07) is 12.6. The normalized spacial score (nSPS) is 12.3. The number of amides is 2. The van der Waals surface area contributed by atoms with Gasteiger partial charge < -0.3 is 10.2 Å². The van der Waals surface area contributed by atoms with Gasteiger partial charge in [0.05, 0.1) is 11.9 Å². The Morgan fingerprint density at radius 3 is 2.25 bits per heavy atom. The molecule has 2 rings (SSSR count). The SMILES string of the molecule is Cc1ccc(C)c(N(CCCC(=O)N(Cc2ccc(Br)cc2)C(C)C(=O)NCC(C)C)S(C)(=O)=O)c1. The van der Waals surface area contributed by atoms with Crippen molar-refractivity contribution in [2.45, 2.75) is 60.0 Å². The van der Waals surface area contributed by atoms with E-state index in [-0.39, 0.29) is 31.3 Å². The molecule has 0 aliphatic heterocycles. The second-order valence-corrected chi connectivity index (χ2v) is 12.5. The highest BCUT2D eigenvalue weighted by molar-refractivity contribution is 9.10. The number of nitrogens with one attached hydrogen (secondary N) is 1. The summed E-state index contributed by atoms with van der Waals surface area (Å²) in [6.45, 7) is 10.5. The van der Waals surface area contributed by atoms with E-state index in [4.69, 9.17) is 0 Å². The number of hydrogen-bond donors (Lipinski definition) is 1. The molecule has 0 aliphatic rings. The van der Waals surface area contributed by atoms with Gasteiger partial charge in [-0.2, -0.15) is 0 Å². The first-order valence-electron chi connectivity index (χ1n) is 12.2. The molecule has 0 heterocycles. The van der Waals surface area contributed by atoms with Gasteiger partial charge in [-0.15, -0.1) is 0 Å². The molecular weight excluding hydrogens is 542 g/mol. The topological polar surface area (TPSA) is 86.8 Å². The van der Waals surface area contributed by atoms with Crippen molar-refractivity contribution in [3.05, 3.63) is 63.6 Å². The number of halogens is 1. The first-order chi connectivity index (χ1) is 16.8. The van der Waals surface area contributed by atoms with Crippen molar-refractivity contribution in [2.75, 3.05) is 23.7 Å². The molecule has 2 aromatic carbocycles. The van der Waals surface area contributed by atoms with E-state index in [2.05, 4.69) is 21.2 Å². The lowest BCUT2D eigenvalue weighted by molar-refractivity contribution is -0.140. The summed E-state index contributed by atoms with van der Waals surface area (Å²) in [5.74, 6) is -0.106. The number of hydrogen-bond acceptors (Lipinski definition) is 4. The highest BCUT2D eigenvalue weighted by Crippen LogP contribution is 2.25. The standard InChI is InChI=1S/C27H38BrN3O4S/c1-19(2)17-29-27(33)22(5)30(18-23-11-13-24(28)14-12-23)26(32)8-7-15-31(36(6,34)35)25-16-20(3)9-10-21(25)4/h9-14,16,19,22H,7-8,15,17-18H2,1-6H3,(H,29,33). The average molecular weight is 581 g/mol. The Morgan fingerprint density at radius 1 is 1.03 bits per heavy atom. The molecule has 1 N–H and O–H groups in total. The van der Waals surface area contributed by atoms with Crippen molar-refractivity contribution in [3.63, 3.8) is 0 Å². The van der Waals surface area contributed by atoms with Gasteiger partial charge in [-0.25, -0.2) is 8.42 Å². The van der Waals surface area contributed by atoms with Crippen LogP contribution in [0.5, 0.6) is 0 Å². The van der Waals surface area contributed by atoms with Crippen LogP contribution in [0.25, 0.3) is 0 Å². The van der Waals surface area contributed by atoms with Crippen molar-refractivity contribution >= 4 is 43.5 Å². The van der Waals surface area contributed by atoms with E-state index < -0.39 is 16.1 Å². The van der Waals surface area contributed by atoms with Gasteiger partial charge in [-0.1, -0.05) is 54.0 Å². The maximum Gasteiger partial charge on any atom is 0.242 e. The molecular formula is C27H38BrN3O4S. The highest BCUT2D eigenvalue weighted by atomic mass is 79.9. The van der Waals surface area contributed by atoms with Gasteiger partial charge in [0.2, 0.25) is 21.8 Å². The summed E-state index contributed by atoms with van der Waals surface area (Å²) in [6.07, 6.45) is 1.63. The van der Waals surface area contributed by atoms with E-state index in [0.717, 1.165) is 21.2 Å². The van der Waals surface area contributed by atoms with E-state index in [9.17, 15) is 18.0 Å². The number of carbonyl (C=O) groups is 2. The second kappa shape index (κ2) is 13.2. The minimum atomic E-state index is -3.53. The van der Waals surface area contributed by atoms with Crippen molar-refractivity contribution in [1.82, 2.24) is 10.2 Å². The molecule has 0 saturated heterocycles. The molecule has 1 atom stereocenters. The molecule has 0 aromatic heterocycles. The number of benzene rings is 2. The Bertz CT molecular complexity index is 1150. The molecule has 0 spiro atoms. The molecule has 1 unspecified atom stereocenters. The minimum absolute atomic E-state index is 0.120. The predicted molar refractivity (Wildman–Crippen MR) is 149 cm³/mol. The average Bonchev–Trinajstić information content (AvgIpc) is 2.80. The third-order valence-corrected chi connectivity index (χ3v) is 7.61. The van der Waals surface area contributed by atoms with Crippen LogP contribution in [0.3, 0.4) is 0 Å². The van der Waals surface area contributed by atoms with Crippen LogP contribution in [0.15, 0.2) is 46.9 Å². The maximum absolute atomic E-state index is 13.4. The first kappa shape index (κ1) is 29.8. The summed E-state index contributed by atoms with van der Waals surface area (Å²) in [7, 11) is -3.53. The summed E-state index contributed by atoms with van der Waals surface area (Å²) >= 11 is 3.42. The van der Waals surface area contributed by atoms with Crippen LogP contribution in [-0.2, 0) is 26.2 Å². The Balaban J connectivity index is 2.18. The molecule has 0 bridgehead atoms. The van der Waals surface area contributed by atoms with E-state index in [1.807, 2.05) is 70.2 Å². The van der Waals surface area contributed by atoms with Crippen LogP contribution in [-0.4, -0.2) is 50.5 Å². The number of nitrogens with zero attached hydrogens (tertiary/aromatic N) is 2. The molecule has 0 fully saturated rings. The Labute approximate surface area is 224 Å². The number of sulfonamides is 1. The van der Waals surface area contributed by atoms with Gasteiger partial charge in [-0.3, -0.25) is 13.9 Å². The molecule has 198 valence electrons. The summed E-state index contributed by atoms with van der Waals surface area (Å²) in [4.78, 5) is 27.7. The molecule has 0 saturated carbocycles. The van der Waals surface area contributed by atoms with Crippen LogP contribution in [0.4, 0.5) is 5.69 Å². The van der Waals surface area contributed by atoms with Crippen molar-refractivity contribution in [1.29, 1.82) is 0 Å². The van der Waals surface area contributed by atoms with E-state index in [0.29, 0.717) is 24.6 Å². The summed E-state index contributed by atoms with van der Waals surface area (Å²) < 4.78 is 27.4. The molecule has 0 aliphatic carbocycles. The fourth-order valence-electron chi connectivity index (χ4n) is 3.79. The van der Waals surface area contributed by atoms with Gasteiger partial charge in [-0.05, 0) is 68.0 Å². The van der Waals surface area contributed by atoms with E-state index >= 15 is 0 Å². The quantitative estimate of drug-likeness (QED) is 0.391. The van der Waals surface area contributed by atoms with Crippen molar-refractivity contribution in [2.24, 2.45) is 5.92 Å². The van der Waals surface area contributed by atoms with E-state index in [1.165, 1.54) is 10.6 Å². The van der Waals surface area contributed by atoms with Crippen LogP contribution in [0.2, 0.25) is 0 Å². The zero-order chi connectivity index (χ0) is 27.0. The molecule has 9 heteroatoms. The summed E-state index contributed by atoms with van der Waals surface area (Å²) in [5, 5.41) is 2.91. The van der Waals surface area contributed by atoms with Crippen LogP contribution in [0, 0.1) is 19.8 Å². The minimum Gasteiger partial charge on any atom is -0.354 e. The van der Waals surface area contributed by atoms with Gasteiger partial charge in [0.25, 0.3) is 0 Å². The van der Waals surface area contributed by atoms with Crippen molar-refractivity contribution < 1.29 is 18.0 Å². The van der Waals surface area contributed by atoms with Crippen LogP contribution < -0.4 is 9.62 Å². The number of anilines is 1. The smallest absolute Gasteiger partial charge is 0.242 e. The number of carbonyl (C=O) groups excluding carboxylic acids is 2. The van der Waals surface area contributed by atoms with Crippen molar-refractivity contribution in [3.8, 4) is 0 Å². The Morgan fingerprint density at radius 2 is 1.67 bits per heavy atom. The zero-order valence-electron chi connectivity index (χ0n) is 22.0. The highest BCUT2D eigenvalue weighted by Gasteiger charge is 2.27. The predicted octanol–water partition coefficient (Wildman–Crippen LogP) is 4.80. The van der Waals surface area contributed by atoms with Crippen LogP contribution >= 0.6 is 15.9 Å². The third-order valence-electron chi connectivity index (χ3n) is 5.90. The largest absolute Gasteiger partial charge is 0.354 e. The Hall–Kier alpha value is -2.39. The maximum atomic E-state index is 13.4. The monoisotopic (exact) mass is 579 g/mol. The molecule has 0 radical (unpaired) electrons. The molecule has 2 aromatic rings. The van der Waals surface area contributed by atoms with Gasteiger partial charge in [0, 0.05) is 30.5 Å². The number of rotatable bonds is 12. The first-order valence-corrected chi connectivity index (χ1v) is 14.8. The lowest BCUT2D eigenvalue weighted by Gasteiger charge is -2.30. The zero-order valence-corrected chi connectivity index (χ0v) is 24.4. The van der Waals surface area contributed by atoms with E-state index in [1.54, 1.807) is 11.8 Å². The molecule has 7 nitrogen and oxygen atoms in total. The third kappa shape index (κ3) is 8.92. The van der Waals surface area contributed by atoms with Gasteiger partial charge in [0.15, 0.2) is 0 Å². The second-order valence-electron chi connectivity index (χ2n) is 9.69. The lowest BCUT2D eigenvalue weighted by Crippen LogP contribution is -2.48. The fourth-order valence-corrected chi connectivity index (χ4v) is 5.07. The number of aryl methyl sites for hydroxylation is 2. The van der Waals surface area contributed by atoms with Gasteiger partial charge >= 0.3 is 0 Å². The molecule has 36 heavy (non-hydrogen) atoms. The molecule has 2 amide bonds. The van der Waals surface area contributed by atoms with Crippen LogP contribution in [0.1, 0.15) is 50.3 Å². The fraction of sp³-hybridized carbons (Fsp3) is 0.481. The Kier molecular flexibility index (Phi) is 11.0.